The molecule has 2 N–H and O–H groups in total. The van der Waals surface area contributed by atoms with E-state index in [0.717, 1.165) is 12.8 Å². The molecule has 0 heterocycles. The number of carbonyl (C=O) groups excluding carboxylic acids is 2. The first-order valence-corrected chi connectivity index (χ1v) is 6.30. The Hall–Kier alpha value is -2.04. The maximum Gasteiger partial charge on any atom is 0.251 e. The number of nitrogens with one attached hydrogen (secondary N) is 2. The van der Waals surface area contributed by atoms with E-state index < -0.39 is 0 Å². The summed E-state index contributed by atoms with van der Waals surface area (Å²) in [6.07, 6.45) is 1.67. The van der Waals surface area contributed by atoms with Gasteiger partial charge in [-0.1, -0.05) is 6.07 Å². The lowest BCUT2D eigenvalue weighted by atomic mass is 10.2. The zero-order valence-corrected chi connectivity index (χ0v) is 11.4. The van der Waals surface area contributed by atoms with Gasteiger partial charge in [0, 0.05) is 25.6 Å². The van der Waals surface area contributed by atoms with E-state index >= 15 is 0 Å². The molecular weight excluding hydrogens is 244 g/mol. The van der Waals surface area contributed by atoms with Crippen molar-refractivity contribution in [2.75, 3.05) is 20.2 Å². The van der Waals surface area contributed by atoms with Crippen molar-refractivity contribution in [1.29, 1.82) is 0 Å². The van der Waals surface area contributed by atoms with Gasteiger partial charge in [0.2, 0.25) is 5.91 Å². The maximum absolute atomic E-state index is 11.8. The number of rotatable bonds is 7. The minimum atomic E-state index is -0.113. The molecule has 0 radical (unpaired) electrons. The summed E-state index contributed by atoms with van der Waals surface area (Å²) in [4.78, 5) is 22.5. The van der Waals surface area contributed by atoms with Crippen LogP contribution in [0.4, 0.5) is 0 Å². The molecule has 0 unspecified atom stereocenters. The Kier molecular flexibility index (Phi) is 6.43. The molecule has 0 fully saturated rings. The van der Waals surface area contributed by atoms with Gasteiger partial charge < -0.3 is 15.4 Å². The topological polar surface area (TPSA) is 67.4 Å². The van der Waals surface area contributed by atoms with Crippen LogP contribution in [0, 0.1) is 0 Å². The molecule has 1 aromatic carbocycles. The summed E-state index contributed by atoms with van der Waals surface area (Å²) in [6, 6.07) is 7.02. The average molecular weight is 264 g/mol. The number of hydrogen-bond acceptors (Lipinski definition) is 3. The van der Waals surface area contributed by atoms with Crippen molar-refractivity contribution in [3.63, 3.8) is 0 Å². The number of methoxy groups -OCH3 is 1. The Balaban J connectivity index is 2.25. The zero-order valence-electron chi connectivity index (χ0n) is 11.4. The average Bonchev–Trinajstić information content (AvgIpc) is 2.42. The SMILES string of the molecule is COc1cccc(C(=O)NCCCCNC(C)=O)c1. The van der Waals surface area contributed by atoms with E-state index in [1.807, 2.05) is 0 Å². The molecule has 5 heteroatoms. The maximum atomic E-state index is 11.8. The van der Waals surface area contributed by atoms with Gasteiger partial charge >= 0.3 is 0 Å². The predicted octanol–water partition coefficient (Wildman–Crippen LogP) is 1.34. The summed E-state index contributed by atoms with van der Waals surface area (Å²) in [5.41, 5.74) is 0.584. The molecule has 0 aliphatic rings. The number of unbranched alkanes of at least 4 members (excludes halogenated alkanes) is 1. The quantitative estimate of drug-likeness (QED) is 0.730. The highest BCUT2D eigenvalue weighted by atomic mass is 16.5. The summed E-state index contributed by atoms with van der Waals surface area (Å²) < 4.78 is 5.06. The second-order valence-corrected chi connectivity index (χ2v) is 4.18. The molecule has 0 spiro atoms. The Morgan fingerprint density at radius 2 is 1.84 bits per heavy atom. The minimum absolute atomic E-state index is 0.0274. The second-order valence-electron chi connectivity index (χ2n) is 4.18. The lowest BCUT2D eigenvalue weighted by Gasteiger charge is -2.07. The molecule has 19 heavy (non-hydrogen) atoms. The third-order valence-corrected chi connectivity index (χ3v) is 2.59. The van der Waals surface area contributed by atoms with Crippen LogP contribution in [0.25, 0.3) is 0 Å². The van der Waals surface area contributed by atoms with Crippen molar-refractivity contribution in [2.45, 2.75) is 19.8 Å². The Bertz CT molecular complexity index is 432. The molecule has 104 valence electrons. The van der Waals surface area contributed by atoms with Gasteiger partial charge in [0.1, 0.15) is 5.75 Å². The lowest BCUT2D eigenvalue weighted by molar-refractivity contribution is -0.118. The summed E-state index contributed by atoms with van der Waals surface area (Å²) >= 11 is 0. The fourth-order valence-electron chi connectivity index (χ4n) is 1.58. The molecule has 1 aromatic rings. The first-order valence-electron chi connectivity index (χ1n) is 6.30. The van der Waals surface area contributed by atoms with Gasteiger partial charge in [-0.3, -0.25) is 9.59 Å². The second kappa shape index (κ2) is 8.13. The number of carbonyl (C=O) groups is 2. The van der Waals surface area contributed by atoms with Crippen LogP contribution in [0.15, 0.2) is 24.3 Å². The van der Waals surface area contributed by atoms with Gasteiger partial charge in [-0.05, 0) is 31.0 Å². The third-order valence-electron chi connectivity index (χ3n) is 2.59. The van der Waals surface area contributed by atoms with Crippen LogP contribution in [0.1, 0.15) is 30.1 Å². The van der Waals surface area contributed by atoms with Crippen LogP contribution in [-0.2, 0) is 4.79 Å². The van der Waals surface area contributed by atoms with E-state index in [4.69, 9.17) is 4.74 Å². The lowest BCUT2D eigenvalue weighted by Crippen LogP contribution is -2.26. The summed E-state index contributed by atoms with van der Waals surface area (Å²) in [7, 11) is 1.57. The highest BCUT2D eigenvalue weighted by Gasteiger charge is 2.05. The van der Waals surface area contributed by atoms with Crippen LogP contribution in [0.5, 0.6) is 5.75 Å². The van der Waals surface area contributed by atoms with E-state index in [0.29, 0.717) is 24.4 Å². The van der Waals surface area contributed by atoms with E-state index in [1.165, 1.54) is 6.92 Å². The van der Waals surface area contributed by atoms with Gasteiger partial charge in [-0.2, -0.15) is 0 Å². The molecule has 2 amide bonds. The Morgan fingerprint density at radius 3 is 2.47 bits per heavy atom. The van der Waals surface area contributed by atoms with Crippen molar-refractivity contribution < 1.29 is 14.3 Å². The van der Waals surface area contributed by atoms with Crippen LogP contribution in [-0.4, -0.2) is 32.0 Å². The Labute approximate surface area is 113 Å². The standard InChI is InChI=1S/C14H20N2O3/c1-11(17)15-8-3-4-9-16-14(18)12-6-5-7-13(10-12)19-2/h5-7,10H,3-4,8-9H2,1-2H3,(H,15,17)(H,16,18). The molecular formula is C14H20N2O3. The molecule has 0 saturated carbocycles. The van der Waals surface area contributed by atoms with E-state index in [-0.39, 0.29) is 11.8 Å². The molecule has 0 aliphatic heterocycles. The molecule has 5 nitrogen and oxygen atoms in total. The number of hydrogen-bond donors (Lipinski definition) is 2. The van der Waals surface area contributed by atoms with E-state index in [2.05, 4.69) is 10.6 Å². The summed E-state index contributed by atoms with van der Waals surface area (Å²) in [5.74, 6) is 0.525. The van der Waals surface area contributed by atoms with Gasteiger partial charge in [0.05, 0.1) is 7.11 Å². The largest absolute Gasteiger partial charge is 0.497 e. The van der Waals surface area contributed by atoms with Gasteiger partial charge in [0.15, 0.2) is 0 Å². The van der Waals surface area contributed by atoms with Crippen molar-refractivity contribution in [1.82, 2.24) is 10.6 Å². The first-order chi connectivity index (χ1) is 9.13. The summed E-state index contributed by atoms with van der Waals surface area (Å²) in [6.45, 7) is 2.73. The normalized spacial score (nSPS) is 9.79. The predicted molar refractivity (Wildman–Crippen MR) is 73.2 cm³/mol. The molecule has 0 atom stereocenters. The molecule has 0 aromatic heterocycles. The van der Waals surface area contributed by atoms with Crippen molar-refractivity contribution in [2.24, 2.45) is 0 Å². The highest BCUT2D eigenvalue weighted by Crippen LogP contribution is 2.12. The molecule has 0 saturated heterocycles. The van der Waals surface area contributed by atoms with Crippen molar-refractivity contribution >= 4 is 11.8 Å². The van der Waals surface area contributed by atoms with Crippen LogP contribution >= 0.6 is 0 Å². The molecule has 0 aliphatic carbocycles. The van der Waals surface area contributed by atoms with Crippen molar-refractivity contribution in [3.8, 4) is 5.75 Å². The van der Waals surface area contributed by atoms with E-state index in [9.17, 15) is 9.59 Å². The third kappa shape index (κ3) is 5.90. The molecule has 0 bridgehead atoms. The summed E-state index contributed by atoms with van der Waals surface area (Å²) in [5, 5.41) is 5.54. The fraction of sp³-hybridized carbons (Fsp3) is 0.429. The number of ether oxygens (including phenoxy) is 1. The zero-order chi connectivity index (χ0) is 14.1. The first kappa shape index (κ1) is 15.0. The Morgan fingerprint density at radius 1 is 1.16 bits per heavy atom. The van der Waals surface area contributed by atoms with Crippen LogP contribution in [0.2, 0.25) is 0 Å². The van der Waals surface area contributed by atoms with Crippen LogP contribution < -0.4 is 15.4 Å². The minimum Gasteiger partial charge on any atom is -0.497 e. The van der Waals surface area contributed by atoms with E-state index in [1.54, 1.807) is 31.4 Å². The number of amides is 2. The van der Waals surface area contributed by atoms with Gasteiger partial charge in [-0.15, -0.1) is 0 Å². The van der Waals surface area contributed by atoms with Gasteiger partial charge in [-0.25, -0.2) is 0 Å². The number of benzene rings is 1. The van der Waals surface area contributed by atoms with Crippen LogP contribution in [0.3, 0.4) is 0 Å². The highest BCUT2D eigenvalue weighted by molar-refractivity contribution is 5.94. The fourth-order valence-corrected chi connectivity index (χ4v) is 1.58. The van der Waals surface area contributed by atoms with Crippen molar-refractivity contribution in [3.05, 3.63) is 29.8 Å². The smallest absolute Gasteiger partial charge is 0.251 e. The monoisotopic (exact) mass is 264 g/mol. The molecule has 1 rings (SSSR count). The van der Waals surface area contributed by atoms with Gasteiger partial charge in [0.25, 0.3) is 5.91 Å².